The normalized spacial score (nSPS) is 18.0. The second-order valence-electron chi connectivity index (χ2n) is 7.19. The molecule has 1 saturated heterocycles. The lowest BCUT2D eigenvalue weighted by Gasteiger charge is -2.31. The van der Waals surface area contributed by atoms with E-state index in [2.05, 4.69) is 12.2 Å². The van der Waals surface area contributed by atoms with Gasteiger partial charge in [0.05, 0.1) is 31.1 Å². The number of quaternary nitrogens is 1. The summed E-state index contributed by atoms with van der Waals surface area (Å²) in [6.45, 7) is 6.15. The Morgan fingerprint density at radius 1 is 1.14 bits per heavy atom. The molecule has 0 bridgehead atoms. The molecule has 0 spiro atoms. The summed E-state index contributed by atoms with van der Waals surface area (Å²) >= 11 is 0. The number of fused-ring (bicyclic) bond motifs is 1. The van der Waals surface area contributed by atoms with Crippen molar-refractivity contribution in [1.29, 1.82) is 0 Å². The molecule has 2 aliphatic heterocycles. The van der Waals surface area contributed by atoms with Crippen molar-refractivity contribution in [3.8, 4) is 11.5 Å². The molecular formula is C19H30N3O5S+. The first-order valence-electron chi connectivity index (χ1n) is 10.0. The van der Waals surface area contributed by atoms with Crippen LogP contribution in [0.5, 0.6) is 11.5 Å². The molecule has 0 radical (unpaired) electrons. The quantitative estimate of drug-likeness (QED) is 0.570. The molecule has 0 aromatic heterocycles. The number of benzene rings is 1. The molecule has 0 atom stereocenters. The van der Waals surface area contributed by atoms with Crippen molar-refractivity contribution in [2.24, 2.45) is 0 Å². The highest BCUT2D eigenvalue weighted by Crippen LogP contribution is 2.33. The summed E-state index contributed by atoms with van der Waals surface area (Å²) in [5.41, 5.74) is 0. The Bertz CT molecular complexity index is 776. The van der Waals surface area contributed by atoms with E-state index in [1.165, 1.54) is 10.4 Å². The maximum Gasteiger partial charge on any atom is 0.275 e. The van der Waals surface area contributed by atoms with Crippen LogP contribution in [0.3, 0.4) is 0 Å². The predicted molar refractivity (Wildman–Crippen MR) is 104 cm³/mol. The van der Waals surface area contributed by atoms with Crippen molar-refractivity contribution >= 4 is 15.9 Å². The van der Waals surface area contributed by atoms with Gasteiger partial charge in [-0.15, -0.1) is 0 Å². The van der Waals surface area contributed by atoms with Crippen LogP contribution in [-0.2, 0) is 14.8 Å². The van der Waals surface area contributed by atoms with E-state index < -0.39 is 10.0 Å². The zero-order valence-electron chi connectivity index (χ0n) is 16.4. The van der Waals surface area contributed by atoms with E-state index in [0.717, 1.165) is 24.2 Å². The van der Waals surface area contributed by atoms with Gasteiger partial charge in [0.15, 0.2) is 18.0 Å². The van der Waals surface area contributed by atoms with E-state index in [1.807, 2.05) is 0 Å². The number of hydrogen-bond acceptors (Lipinski definition) is 5. The number of hydrogen-bond donors (Lipinski definition) is 2. The van der Waals surface area contributed by atoms with Gasteiger partial charge >= 0.3 is 0 Å². The molecule has 0 unspecified atom stereocenters. The van der Waals surface area contributed by atoms with Gasteiger partial charge in [0.2, 0.25) is 10.0 Å². The molecule has 156 valence electrons. The Morgan fingerprint density at radius 2 is 1.86 bits per heavy atom. The van der Waals surface area contributed by atoms with Crippen molar-refractivity contribution in [3.63, 3.8) is 0 Å². The number of nitrogens with one attached hydrogen (secondary N) is 2. The lowest BCUT2D eigenvalue weighted by atomic mass is 10.2. The Balaban J connectivity index is 1.52. The number of carbonyl (C=O) groups excluding carboxylic acids is 1. The highest BCUT2D eigenvalue weighted by molar-refractivity contribution is 7.89. The van der Waals surface area contributed by atoms with E-state index in [-0.39, 0.29) is 10.8 Å². The molecule has 0 aliphatic carbocycles. The summed E-state index contributed by atoms with van der Waals surface area (Å²) in [7, 11) is -3.58. The van der Waals surface area contributed by atoms with Crippen LogP contribution in [0.15, 0.2) is 23.1 Å². The van der Waals surface area contributed by atoms with Crippen molar-refractivity contribution < 1.29 is 27.6 Å². The molecule has 1 fully saturated rings. The highest BCUT2D eigenvalue weighted by Gasteiger charge is 2.32. The average Bonchev–Trinajstić information content (AvgIpc) is 2.71. The van der Waals surface area contributed by atoms with Gasteiger partial charge in [-0.2, -0.15) is 4.31 Å². The Hall–Kier alpha value is -1.84. The molecule has 1 aromatic carbocycles. The second-order valence-corrected chi connectivity index (χ2v) is 9.13. The minimum absolute atomic E-state index is 0.0363. The number of carbonyl (C=O) groups is 1. The Morgan fingerprint density at radius 3 is 2.57 bits per heavy atom. The third kappa shape index (κ3) is 5.15. The molecule has 2 heterocycles. The average molecular weight is 413 g/mol. The molecule has 3 rings (SSSR count). The van der Waals surface area contributed by atoms with Gasteiger partial charge in [-0.25, -0.2) is 8.42 Å². The van der Waals surface area contributed by atoms with Crippen molar-refractivity contribution in [2.45, 2.75) is 31.1 Å². The maximum absolute atomic E-state index is 12.9. The van der Waals surface area contributed by atoms with Gasteiger partial charge in [-0.1, -0.05) is 19.8 Å². The molecule has 8 nitrogen and oxygen atoms in total. The molecule has 1 amide bonds. The minimum Gasteiger partial charge on any atom is -0.486 e. The summed E-state index contributed by atoms with van der Waals surface area (Å²) in [5, 5.41) is 2.94. The molecular weight excluding hydrogens is 382 g/mol. The second kappa shape index (κ2) is 9.58. The zero-order chi connectivity index (χ0) is 20.0. The zero-order valence-corrected chi connectivity index (χ0v) is 17.2. The van der Waals surface area contributed by atoms with Crippen LogP contribution in [0.2, 0.25) is 0 Å². The van der Waals surface area contributed by atoms with Crippen LogP contribution < -0.4 is 19.7 Å². The first-order valence-corrected chi connectivity index (χ1v) is 11.4. The van der Waals surface area contributed by atoms with E-state index in [4.69, 9.17) is 9.47 Å². The minimum atomic E-state index is -3.58. The lowest BCUT2D eigenvalue weighted by molar-refractivity contribution is -0.895. The number of rotatable bonds is 8. The summed E-state index contributed by atoms with van der Waals surface area (Å²) in [4.78, 5) is 13.4. The Kier molecular flexibility index (Phi) is 7.14. The van der Waals surface area contributed by atoms with Crippen LogP contribution >= 0.6 is 0 Å². The van der Waals surface area contributed by atoms with Crippen molar-refractivity contribution in [1.82, 2.24) is 9.62 Å². The van der Waals surface area contributed by atoms with Gasteiger partial charge in [0, 0.05) is 12.6 Å². The van der Waals surface area contributed by atoms with Crippen LogP contribution in [-0.4, -0.2) is 71.1 Å². The van der Waals surface area contributed by atoms with Gasteiger partial charge in [0.1, 0.15) is 13.2 Å². The fourth-order valence-electron chi connectivity index (χ4n) is 3.45. The molecule has 2 N–H and O–H groups in total. The molecule has 2 aliphatic rings. The van der Waals surface area contributed by atoms with Crippen LogP contribution in [0.1, 0.15) is 26.2 Å². The number of amides is 1. The highest BCUT2D eigenvalue weighted by atomic mass is 32.2. The van der Waals surface area contributed by atoms with E-state index in [1.54, 1.807) is 12.1 Å². The SMILES string of the molecule is CCCCCNC(=O)C[NH+]1CCN(S(=O)(=O)c2ccc3c(c2)OCCO3)CC1. The number of ether oxygens (including phenoxy) is 2. The fraction of sp³-hybridized carbons (Fsp3) is 0.632. The van der Waals surface area contributed by atoms with Gasteiger partial charge in [-0.3, -0.25) is 4.79 Å². The number of piperazine rings is 1. The molecule has 28 heavy (non-hydrogen) atoms. The molecule has 9 heteroatoms. The maximum atomic E-state index is 12.9. The number of sulfonamides is 1. The number of unbranched alkanes of at least 4 members (excludes halogenated alkanes) is 2. The molecule has 1 aromatic rings. The lowest BCUT2D eigenvalue weighted by Crippen LogP contribution is -3.15. The first-order chi connectivity index (χ1) is 13.5. The van der Waals surface area contributed by atoms with E-state index >= 15 is 0 Å². The summed E-state index contributed by atoms with van der Waals surface area (Å²) in [6, 6.07) is 4.74. The fourth-order valence-corrected chi connectivity index (χ4v) is 4.90. The van der Waals surface area contributed by atoms with Crippen LogP contribution in [0.4, 0.5) is 0 Å². The smallest absolute Gasteiger partial charge is 0.275 e. The summed E-state index contributed by atoms with van der Waals surface area (Å²) < 4.78 is 38.3. The topological polar surface area (TPSA) is 89.4 Å². The first kappa shape index (κ1) is 20.9. The monoisotopic (exact) mass is 412 g/mol. The van der Waals surface area contributed by atoms with Gasteiger partial charge < -0.3 is 19.7 Å². The molecule has 0 saturated carbocycles. The Labute approximate surface area is 166 Å². The van der Waals surface area contributed by atoms with Gasteiger partial charge in [0.25, 0.3) is 5.91 Å². The predicted octanol–water partition coefficient (Wildman–Crippen LogP) is -0.347. The third-order valence-electron chi connectivity index (χ3n) is 5.09. The standard InChI is InChI=1S/C19H29N3O5S/c1-2-3-4-7-20-19(23)15-21-8-10-22(11-9-21)28(24,25)16-5-6-17-18(14-16)27-13-12-26-17/h5-6,14H,2-4,7-13,15H2,1H3,(H,20,23)/p+1. The van der Waals surface area contributed by atoms with Crippen LogP contribution in [0, 0.1) is 0 Å². The van der Waals surface area contributed by atoms with Crippen molar-refractivity contribution in [3.05, 3.63) is 18.2 Å². The third-order valence-corrected chi connectivity index (χ3v) is 6.99. The summed E-state index contributed by atoms with van der Waals surface area (Å²) in [5.74, 6) is 1.08. The van der Waals surface area contributed by atoms with Gasteiger partial charge in [-0.05, 0) is 18.6 Å². The number of nitrogens with zero attached hydrogens (tertiary/aromatic N) is 1. The largest absolute Gasteiger partial charge is 0.486 e. The summed E-state index contributed by atoms with van der Waals surface area (Å²) in [6.07, 6.45) is 3.24. The van der Waals surface area contributed by atoms with E-state index in [0.29, 0.717) is 64.0 Å². The van der Waals surface area contributed by atoms with Crippen LogP contribution in [0.25, 0.3) is 0 Å². The van der Waals surface area contributed by atoms with E-state index in [9.17, 15) is 13.2 Å². The van der Waals surface area contributed by atoms with Crippen molar-refractivity contribution in [2.75, 3.05) is 52.5 Å².